The summed E-state index contributed by atoms with van der Waals surface area (Å²) in [5.74, 6) is 0.218. The van der Waals surface area contributed by atoms with Crippen molar-refractivity contribution in [2.75, 3.05) is 13.7 Å². The van der Waals surface area contributed by atoms with Crippen LogP contribution in [0.3, 0.4) is 0 Å². The van der Waals surface area contributed by atoms with Crippen molar-refractivity contribution in [3.05, 3.63) is 0 Å². The zero-order valence-corrected chi connectivity index (χ0v) is 14.1. The largest absolute Gasteiger partial charge is 0.372 e. The van der Waals surface area contributed by atoms with Gasteiger partial charge in [0.2, 0.25) is 11.8 Å². The van der Waals surface area contributed by atoms with Crippen LogP contribution in [-0.4, -0.2) is 37.1 Å². The van der Waals surface area contributed by atoms with Gasteiger partial charge in [-0.25, -0.2) is 0 Å². The molecule has 0 saturated heterocycles. The zero-order valence-electron chi connectivity index (χ0n) is 14.1. The zero-order chi connectivity index (χ0) is 16.2. The lowest BCUT2D eigenvalue weighted by molar-refractivity contribution is -0.136. The molecular formula is C17H30N2O3. The van der Waals surface area contributed by atoms with Gasteiger partial charge in [-0.15, -0.1) is 0 Å². The summed E-state index contributed by atoms with van der Waals surface area (Å²) in [5, 5.41) is 5.54. The van der Waals surface area contributed by atoms with Crippen LogP contribution in [0.1, 0.15) is 58.8 Å². The predicted octanol–water partition coefficient (Wildman–Crippen LogP) is 2.00. The summed E-state index contributed by atoms with van der Waals surface area (Å²) in [4.78, 5) is 24.2. The second-order valence-corrected chi connectivity index (χ2v) is 7.09. The summed E-state index contributed by atoms with van der Waals surface area (Å²) < 4.78 is 6.17. The van der Waals surface area contributed by atoms with E-state index < -0.39 is 11.6 Å². The average Bonchev–Trinajstić information content (AvgIpc) is 3.31. The van der Waals surface area contributed by atoms with Crippen molar-refractivity contribution in [3.8, 4) is 0 Å². The van der Waals surface area contributed by atoms with Crippen molar-refractivity contribution in [3.63, 3.8) is 0 Å². The second-order valence-electron chi connectivity index (χ2n) is 7.09. The Kier molecular flexibility index (Phi) is 5.84. The SMILES string of the molecule is CNC(=O)C(NC(=O)C(C)C)C1(OCC2CCCCC2)CC1. The van der Waals surface area contributed by atoms with E-state index in [1.807, 2.05) is 13.8 Å². The van der Waals surface area contributed by atoms with Crippen molar-refractivity contribution >= 4 is 11.8 Å². The molecule has 5 nitrogen and oxygen atoms in total. The summed E-state index contributed by atoms with van der Waals surface area (Å²) in [6, 6.07) is -0.573. The van der Waals surface area contributed by atoms with Crippen LogP contribution in [0.15, 0.2) is 0 Å². The average molecular weight is 310 g/mol. The van der Waals surface area contributed by atoms with Crippen LogP contribution >= 0.6 is 0 Å². The number of amides is 2. The van der Waals surface area contributed by atoms with E-state index in [1.54, 1.807) is 7.05 Å². The van der Waals surface area contributed by atoms with Gasteiger partial charge in [-0.05, 0) is 31.6 Å². The van der Waals surface area contributed by atoms with Crippen LogP contribution in [0, 0.1) is 11.8 Å². The van der Waals surface area contributed by atoms with E-state index in [-0.39, 0.29) is 17.7 Å². The molecule has 22 heavy (non-hydrogen) atoms. The molecule has 5 heteroatoms. The maximum Gasteiger partial charge on any atom is 0.245 e. The van der Waals surface area contributed by atoms with E-state index in [0.717, 1.165) is 12.8 Å². The molecule has 2 N–H and O–H groups in total. The Bertz CT molecular complexity index is 399. The van der Waals surface area contributed by atoms with E-state index in [9.17, 15) is 9.59 Å². The first kappa shape index (κ1) is 17.3. The highest BCUT2D eigenvalue weighted by Gasteiger charge is 2.54. The Morgan fingerprint density at radius 3 is 2.27 bits per heavy atom. The topological polar surface area (TPSA) is 67.4 Å². The maximum absolute atomic E-state index is 12.2. The van der Waals surface area contributed by atoms with Gasteiger partial charge in [0.15, 0.2) is 0 Å². The Morgan fingerprint density at radius 2 is 1.77 bits per heavy atom. The van der Waals surface area contributed by atoms with Gasteiger partial charge < -0.3 is 15.4 Å². The standard InChI is InChI=1S/C17H30N2O3/c1-12(2)15(20)19-14(16(21)18-3)17(9-10-17)22-11-13-7-5-4-6-8-13/h12-14H,4-11H2,1-3H3,(H,18,21)(H,19,20). The van der Waals surface area contributed by atoms with Crippen LogP contribution in [0.25, 0.3) is 0 Å². The minimum absolute atomic E-state index is 0.0962. The lowest BCUT2D eigenvalue weighted by Crippen LogP contribution is -2.55. The molecule has 0 aromatic rings. The highest BCUT2D eigenvalue weighted by atomic mass is 16.5. The van der Waals surface area contributed by atoms with Gasteiger partial charge in [-0.1, -0.05) is 33.1 Å². The highest BCUT2D eigenvalue weighted by molar-refractivity contribution is 5.89. The van der Waals surface area contributed by atoms with Gasteiger partial charge in [0, 0.05) is 13.0 Å². The third-order valence-corrected chi connectivity index (χ3v) is 4.92. The van der Waals surface area contributed by atoms with Crippen LogP contribution in [0.4, 0.5) is 0 Å². The molecular weight excluding hydrogens is 280 g/mol. The highest BCUT2D eigenvalue weighted by Crippen LogP contribution is 2.44. The Hall–Kier alpha value is -1.10. The second kappa shape index (κ2) is 7.44. The summed E-state index contributed by atoms with van der Waals surface area (Å²) in [6.45, 7) is 4.38. The Morgan fingerprint density at radius 1 is 1.14 bits per heavy atom. The third-order valence-electron chi connectivity index (χ3n) is 4.92. The van der Waals surface area contributed by atoms with Crippen LogP contribution in [0.5, 0.6) is 0 Å². The predicted molar refractivity (Wildman–Crippen MR) is 85.3 cm³/mol. The number of ether oxygens (including phenoxy) is 1. The number of nitrogens with one attached hydrogen (secondary N) is 2. The third kappa shape index (κ3) is 4.22. The quantitative estimate of drug-likeness (QED) is 0.756. The molecule has 2 aliphatic rings. The molecule has 2 rings (SSSR count). The molecule has 0 heterocycles. The molecule has 0 aromatic heterocycles. The fraction of sp³-hybridized carbons (Fsp3) is 0.882. The summed E-state index contributed by atoms with van der Waals surface area (Å²) >= 11 is 0. The van der Waals surface area contributed by atoms with Crippen molar-refractivity contribution < 1.29 is 14.3 Å². The number of rotatable bonds is 7. The molecule has 126 valence electrons. The molecule has 2 aliphatic carbocycles. The van der Waals surface area contributed by atoms with Crippen molar-refractivity contribution in [1.82, 2.24) is 10.6 Å². The number of carbonyl (C=O) groups is 2. The monoisotopic (exact) mass is 310 g/mol. The molecule has 0 spiro atoms. The van der Waals surface area contributed by atoms with E-state index in [1.165, 1.54) is 32.1 Å². The normalized spacial score (nSPS) is 22.2. The fourth-order valence-corrected chi connectivity index (χ4v) is 3.17. The van der Waals surface area contributed by atoms with Crippen LogP contribution in [-0.2, 0) is 14.3 Å². The number of hydrogen-bond acceptors (Lipinski definition) is 3. The first-order valence-electron chi connectivity index (χ1n) is 8.64. The molecule has 2 saturated carbocycles. The maximum atomic E-state index is 12.2. The number of hydrogen-bond donors (Lipinski definition) is 2. The summed E-state index contributed by atoms with van der Waals surface area (Å²) in [7, 11) is 1.61. The smallest absolute Gasteiger partial charge is 0.245 e. The van der Waals surface area contributed by atoms with Gasteiger partial charge in [0.25, 0.3) is 0 Å². The van der Waals surface area contributed by atoms with Gasteiger partial charge >= 0.3 is 0 Å². The van der Waals surface area contributed by atoms with Gasteiger partial charge in [0.05, 0.1) is 12.2 Å². The molecule has 2 fully saturated rings. The molecule has 0 radical (unpaired) electrons. The van der Waals surface area contributed by atoms with Gasteiger partial charge in [-0.2, -0.15) is 0 Å². The summed E-state index contributed by atoms with van der Waals surface area (Å²) in [5.41, 5.74) is -0.484. The van der Waals surface area contributed by atoms with Crippen molar-refractivity contribution in [2.45, 2.75) is 70.4 Å². The van der Waals surface area contributed by atoms with Crippen LogP contribution in [0.2, 0.25) is 0 Å². The van der Waals surface area contributed by atoms with Gasteiger partial charge in [-0.3, -0.25) is 9.59 Å². The first-order valence-corrected chi connectivity index (χ1v) is 8.64. The van der Waals surface area contributed by atoms with Crippen LogP contribution < -0.4 is 10.6 Å². The molecule has 1 atom stereocenters. The minimum atomic E-state index is -0.573. The number of likely N-dealkylation sites (N-methyl/N-ethyl adjacent to an activating group) is 1. The van der Waals surface area contributed by atoms with Crippen molar-refractivity contribution in [1.29, 1.82) is 0 Å². The van der Waals surface area contributed by atoms with E-state index in [0.29, 0.717) is 12.5 Å². The van der Waals surface area contributed by atoms with E-state index >= 15 is 0 Å². The van der Waals surface area contributed by atoms with E-state index in [2.05, 4.69) is 10.6 Å². The van der Waals surface area contributed by atoms with Gasteiger partial charge in [0.1, 0.15) is 6.04 Å². The Balaban J connectivity index is 1.95. The lowest BCUT2D eigenvalue weighted by Gasteiger charge is -2.30. The molecule has 0 aromatic carbocycles. The molecule has 0 bridgehead atoms. The van der Waals surface area contributed by atoms with E-state index in [4.69, 9.17) is 4.74 Å². The number of carbonyl (C=O) groups excluding carboxylic acids is 2. The first-order chi connectivity index (χ1) is 10.5. The van der Waals surface area contributed by atoms with Crippen molar-refractivity contribution in [2.24, 2.45) is 11.8 Å². The fourth-order valence-electron chi connectivity index (χ4n) is 3.17. The lowest BCUT2D eigenvalue weighted by atomic mass is 9.90. The minimum Gasteiger partial charge on any atom is -0.372 e. The Labute approximate surface area is 133 Å². The summed E-state index contributed by atoms with van der Waals surface area (Å²) in [6.07, 6.45) is 8.02. The molecule has 2 amide bonds. The molecule has 0 aliphatic heterocycles. The molecule has 1 unspecified atom stereocenters.